The Bertz CT molecular complexity index is 939. The van der Waals surface area contributed by atoms with E-state index >= 15 is 0 Å². The van der Waals surface area contributed by atoms with Crippen LogP contribution in [-0.4, -0.2) is 21.0 Å². The molecule has 0 radical (unpaired) electrons. The molecule has 0 saturated heterocycles. The number of aryl methyl sites for hydroxylation is 2. The largest absolute Gasteiger partial charge is 0.441 e. The van der Waals surface area contributed by atoms with Gasteiger partial charge < -0.3 is 14.3 Å². The first-order chi connectivity index (χ1) is 13.1. The van der Waals surface area contributed by atoms with Gasteiger partial charge in [0.1, 0.15) is 11.3 Å². The van der Waals surface area contributed by atoms with E-state index in [0.29, 0.717) is 29.1 Å². The minimum absolute atomic E-state index is 0.275. The van der Waals surface area contributed by atoms with E-state index in [1.54, 1.807) is 13.8 Å². The second kappa shape index (κ2) is 6.98. The van der Waals surface area contributed by atoms with Crippen molar-refractivity contribution in [1.29, 1.82) is 0 Å². The van der Waals surface area contributed by atoms with Crippen molar-refractivity contribution in [2.75, 3.05) is 0 Å². The van der Waals surface area contributed by atoms with Crippen LogP contribution in [-0.2, 0) is 5.54 Å². The number of hydrogen-bond donors (Lipinski definition) is 1. The minimum atomic E-state index is -0.620. The molecular formula is C20H22N4O3. The van der Waals surface area contributed by atoms with E-state index in [4.69, 9.17) is 8.94 Å². The summed E-state index contributed by atoms with van der Waals surface area (Å²) in [6, 6.07) is 9.54. The number of nitrogens with one attached hydrogen (secondary N) is 1. The summed E-state index contributed by atoms with van der Waals surface area (Å²) >= 11 is 0. The number of hydrogen-bond acceptors (Lipinski definition) is 6. The van der Waals surface area contributed by atoms with Crippen LogP contribution in [0.5, 0.6) is 0 Å². The Kier molecular flexibility index (Phi) is 4.51. The average Bonchev–Trinajstić information content (AvgIpc) is 3.29. The summed E-state index contributed by atoms with van der Waals surface area (Å²) in [5, 5.41) is 7.23. The molecule has 27 heavy (non-hydrogen) atoms. The lowest BCUT2D eigenvalue weighted by molar-refractivity contribution is 0.0849. The van der Waals surface area contributed by atoms with Crippen molar-refractivity contribution in [1.82, 2.24) is 20.4 Å². The summed E-state index contributed by atoms with van der Waals surface area (Å²) < 4.78 is 10.9. The fourth-order valence-electron chi connectivity index (χ4n) is 3.64. The van der Waals surface area contributed by atoms with Crippen LogP contribution in [0.4, 0.5) is 0 Å². The number of nitrogens with zero attached hydrogens (tertiary/aromatic N) is 3. The highest BCUT2D eigenvalue weighted by Crippen LogP contribution is 2.36. The highest BCUT2D eigenvalue weighted by atomic mass is 16.5. The molecule has 1 aromatic carbocycles. The van der Waals surface area contributed by atoms with Crippen molar-refractivity contribution in [3.63, 3.8) is 0 Å². The summed E-state index contributed by atoms with van der Waals surface area (Å²) in [5.74, 6) is 1.68. The Balaban J connectivity index is 1.63. The quantitative estimate of drug-likeness (QED) is 0.752. The molecule has 140 valence electrons. The van der Waals surface area contributed by atoms with Crippen molar-refractivity contribution in [3.05, 3.63) is 53.5 Å². The fourth-order valence-corrected chi connectivity index (χ4v) is 3.64. The molecule has 1 aliphatic rings. The molecule has 0 spiro atoms. The molecule has 1 saturated carbocycles. The number of rotatable bonds is 4. The van der Waals surface area contributed by atoms with E-state index in [-0.39, 0.29) is 5.91 Å². The fraction of sp³-hybridized carbons (Fsp3) is 0.400. The van der Waals surface area contributed by atoms with Crippen LogP contribution in [0.1, 0.15) is 60.1 Å². The van der Waals surface area contributed by atoms with E-state index in [0.717, 1.165) is 37.7 Å². The topological polar surface area (TPSA) is 94.1 Å². The molecule has 3 aromatic rings. The molecular weight excluding hydrogens is 344 g/mol. The molecule has 2 heterocycles. The van der Waals surface area contributed by atoms with Gasteiger partial charge in [-0.05, 0) is 31.9 Å². The summed E-state index contributed by atoms with van der Waals surface area (Å²) in [4.78, 5) is 21.9. The SMILES string of the molecule is Cc1nc(C2(NC(=O)c3nc(-c4ccccc4)oc3C)CCCCC2)no1. The van der Waals surface area contributed by atoms with Gasteiger partial charge in [-0.1, -0.05) is 42.6 Å². The molecule has 1 N–H and O–H groups in total. The lowest BCUT2D eigenvalue weighted by atomic mass is 9.81. The van der Waals surface area contributed by atoms with Crippen molar-refractivity contribution in [2.45, 2.75) is 51.5 Å². The van der Waals surface area contributed by atoms with Gasteiger partial charge in [-0.3, -0.25) is 4.79 Å². The molecule has 0 unspecified atom stereocenters. The number of amides is 1. The lowest BCUT2D eigenvalue weighted by Gasteiger charge is -2.35. The van der Waals surface area contributed by atoms with E-state index in [1.165, 1.54) is 0 Å². The van der Waals surface area contributed by atoms with Crippen LogP contribution >= 0.6 is 0 Å². The average molecular weight is 366 g/mol. The normalized spacial score (nSPS) is 16.2. The van der Waals surface area contributed by atoms with Crippen LogP contribution in [0, 0.1) is 13.8 Å². The Morgan fingerprint density at radius 2 is 1.81 bits per heavy atom. The van der Waals surface area contributed by atoms with Crippen molar-refractivity contribution >= 4 is 5.91 Å². The third-order valence-electron chi connectivity index (χ3n) is 5.05. The van der Waals surface area contributed by atoms with Crippen LogP contribution in [0.3, 0.4) is 0 Å². The number of benzene rings is 1. The third-order valence-corrected chi connectivity index (χ3v) is 5.05. The standard InChI is InChI=1S/C20H22N4O3/c1-13-16(22-18(26-13)15-9-5-3-6-10-15)17(25)23-20(11-7-4-8-12-20)19-21-14(2)27-24-19/h3,5-6,9-10H,4,7-8,11-12H2,1-2H3,(H,23,25). The van der Waals surface area contributed by atoms with Crippen LogP contribution in [0.25, 0.3) is 11.5 Å². The van der Waals surface area contributed by atoms with E-state index in [1.807, 2.05) is 30.3 Å². The van der Waals surface area contributed by atoms with E-state index < -0.39 is 5.54 Å². The predicted molar refractivity (Wildman–Crippen MR) is 97.9 cm³/mol. The summed E-state index contributed by atoms with van der Waals surface area (Å²) in [7, 11) is 0. The number of carbonyl (C=O) groups excluding carboxylic acids is 1. The van der Waals surface area contributed by atoms with Gasteiger partial charge in [-0.25, -0.2) is 4.98 Å². The zero-order valence-electron chi connectivity index (χ0n) is 15.5. The third kappa shape index (κ3) is 3.37. The lowest BCUT2D eigenvalue weighted by Crippen LogP contribution is -2.48. The van der Waals surface area contributed by atoms with Crippen molar-refractivity contribution in [2.24, 2.45) is 0 Å². The Labute approximate surface area is 157 Å². The van der Waals surface area contributed by atoms with Gasteiger partial charge >= 0.3 is 0 Å². The first-order valence-corrected chi connectivity index (χ1v) is 9.23. The minimum Gasteiger partial charge on any atom is -0.441 e. The molecule has 7 nitrogen and oxygen atoms in total. The van der Waals surface area contributed by atoms with E-state index in [9.17, 15) is 4.79 Å². The maximum atomic E-state index is 13.0. The maximum Gasteiger partial charge on any atom is 0.274 e. The van der Waals surface area contributed by atoms with Gasteiger partial charge in [0.25, 0.3) is 5.91 Å². The van der Waals surface area contributed by atoms with Crippen LogP contribution in [0.15, 0.2) is 39.3 Å². The molecule has 7 heteroatoms. The number of aromatic nitrogens is 3. The summed E-state index contributed by atoms with van der Waals surface area (Å²) in [6.07, 6.45) is 4.69. The van der Waals surface area contributed by atoms with Gasteiger partial charge in [-0.15, -0.1) is 0 Å². The zero-order valence-corrected chi connectivity index (χ0v) is 15.5. The highest BCUT2D eigenvalue weighted by molar-refractivity contribution is 5.94. The smallest absolute Gasteiger partial charge is 0.274 e. The first kappa shape index (κ1) is 17.5. The molecule has 0 aliphatic heterocycles. The maximum absolute atomic E-state index is 13.0. The zero-order chi connectivity index (χ0) is 18.9. The second-order valence-electron chi connectivity index (χ2n) is 7.02. The van der Waals surface area contributed by atoms with Gasteiger partial charge in [0.2, 0.25) is 11.8 Å². The van der Waals surface area contributed by atoms with Crippen LogP contribution < -0.4 is 5.32 Å². The molecule has 2 aromatic heterocycles. The second-order valence-corrected chi connectivity index (χ2v) is 7.02. The first-order valence-electron chi connectivity index (χ1n) is 9.23. The van der Waals surface area contributed by atoms with Gasteiger partial charge in [0.05, 0.1) is 0 Å². The highest BCUT2D eigenvalue weighted by Gasteiger charge is 2.40. The van der Waals surface area contributed by atoms with Crippen molar-refractivity contribution < 1.29 is 13.7 Å². The Morgan fingerprint density at radius 3 is 2.48 bits per heavy atom. The Morgan fingerprint density at radius 1 is 1.07 bits per heavy atom. The Hall–Kier alpha value is -2.96. The molecule has 1 aliphatic carbocycles. The predicted octanol–water partition coefficient (Wildman–Crippen LogP) is 3.93. The summed E-state index contributed by atoms with van der Waals surface area (Å²) in [5.41, 5.74) is 0.505. The number of carbonyl (C=O) groups is 1. The molecule has 1 fully saturated rings. The van der Waals surface area contributed by atoms with Crippen molar-refractivity contribution in [3.8, 4) is 11.5 Å². The van der Waals surface area contributed by atoms with Crippen LogP contribution in [0.2, 0.25) is 0 Å². The monoisotopic (exact) mass is 366 g/mol. The molecule has 0 bridgehead atoms. The molecule has 4 rings (SSSR count). The van der Waals surface area contributed by atoms with Gasteiger partial charge in [0.15, 0.2) is 11.5 Å². The van der Waals surface area contributed by atoms with Gasteiger partial charge in [0, 0.05) is 12.5 Å². The number of oxazole rings is 1. The van der Waals surface area contributed by atoms with E-state index in [2.05, 4.69) is 20.4 Å². The molecule has 0 atom stereocenters. The molecule has 1 amide bonds. The van der Waals surface area contributed by atoms with Gasteiger partial charge in [-0.2, -0.15) is 4.98 Å². The summed E-state index contributed by atoms with van der Waals surface area (Å²) in [6.45, 7) is 3.50.